The van der Waals surface area contributed by atoms with Gasteiger partial charge >= 0.3 is 5.97 Å². The molecule has 1 unspecified atom stereocenters. The van der Waals surface area contributed by atoms with Crippen LogP contribution in [0.1, 0.15) is 30.8 Å². The summed E-state index contributed by atoms with van der Waals surface area (Å²) >= 11 is 0. The van der Waals surface area contributed by atoms with Gasteiger partial charge in [0.1, 0.15) is 5.82 Å². The average molecular weight is 256 g/mol. The van der Waals surface area contributed by atoms with Gasteiger partial charge in [0.05, 0.1) is 0 Å². The lowest BCUT2D eigenvalue weighted by molar-refractivity contribution is 0.0691. The van der Waals surface area contributed by atoms with E-state index in [-0.39, 0.29) is 11.1 Å². The highest BCUT2D eigenvalue weighted by atomic mass is 16.4. The number of rotatable bonds is 3. The number of nitrogens with zero attached hydrogens (tertiary/aromatic N) is 1. The lowest BCUT2D eigenvalue weighted by Crippen LogP contribution is -2.12. The fourth-order valence-corrected chi connectivity index (χ4v) is 2.30. The van der Waals surface area contributed by atoms with Crippen LogP contribution in [0.3, 0.4) is 0 Å². The molecule has 98 valence electrons. The van der Waals surface area contributed by atoms with Crippen molar-refractivity contribution in [3.05, 3.63) is 36.0 Å². The Hall–Kier alpha value is -2.10. The molecule has 1 atom stereocenters. The highest BCUT2D eigenvalue weighted by Gasteiger charge is 2.46. The first-order valence-corrected chi connectivity index (χ1v) is 6.37. The van der Waals surface area contributed by atoms with Crippen LogP contribution in [0, 0.1) is 5.41 Å². The molecule has 2 aromatic rings. The quantitative estimate of drug-likeness (QED) is 0.885. The van der Waals surface area contributed by atoms with Crippen LogP contribution in [0.15, 0.2) is 30.3 Å². The van der Waals surface area contributed by atoms with Crippen molar-refractivity contribution in [2.24, 2.45) is 5.41 Å². The molecule has 1 saturated carbocycles. The summed E-state index contributed by atoms with van der Waals surface area (Å²) in [5.74, 6) is -0.324. The third-order valence-electron chi connectivity index (χ3n) is 3.78. The number of aromatic nitrogens is 1. The predicted octanol–water partition coefficient (Wildman–Crippen LogP) is 3.14. The lowest BCUT2D eigenvalue weighted by Gasteiger charge is -2.11. The number of fused-ring (bicyclic) bond motifs is 1. The van der Waals surface area contributed by atoms with Crippen molar-refractivity contribution in [3.8, 4) is 0 Å². The summed E-state index contributed by atoms with van der Waals surface area (Å²) in [6.45, 7) is 4.38. The summed E-state index contributed by atoms with van der Waals surface area (Å²) in [4.78, 5) is 15.4. The van der Waals surface area contributed by atoms with Crippen LogP contribution in [0.4, 0.5) is 5.82 Å². The SMILES string of the molecule is CC1(C)CC1Nc1nc(C(=O)O)cc2ccccc12. The molecule has 1 aromatic heterocycles. The van der Waals surface area contributed by atoms with E-state index in [0.717, 1.165) is 17.2 Å². The number of anilines is 1. The fraction of sp³-hybridized carbons (Fsp3) is 0.333. The number of hydrogen-bond acceptors (Lipinski definition) is 3. The molecule has 4 nitrogen and oxygen atoms in total. The third kappa shape index (κ3) is 2.14. The van der Waals surface area contributed by atoms with E-state index in [0.29, 0.717) is 11.9 Å². The van der Waals surface area contributed by atoms with Crippen LogP contribution in [0.2, 0.25) is 0 Å². The number of nitrogens with one attached hydrogen (secondary N) is 1. The van der Waals surface area contributed by atoms with Gasteiger partial charge < -0.3 is 10.4 Å². The Morgan fingerprint density at radius 1 is 1.42 bits per heavy atom. The first-order valence-electron chi connectivity index (χ1n) is 6.37. The molecule has 2 N–H and O–H groups in total. The second-order valence-electron chi connectivity index (χ2n) is 5.77. The van der Waals surface area contributed by atoms with Gasteiger partial charge in [-0.25, -0.2) is 9.78 Å². The van der Waals surface area contributed by atoms with Gasteiger partial charge in [-0.2, -0.15) is 0 Å². The summed E-state index contributed by atoms with van der Waals surface area (Å²) in [7, 11) is 0. The zero-order valence-corrected chi connectivity index (χ0v) is 11.0. The first kappa shape index (κ1) is 12.0. The predicted molar refractivity (Wildman–Crippen MR) is 74.5 cm³/mol. The van der Waals surface area contributed by atoms with Gasteiger partial charge in [-0.3, -0.25) is 0 Å². The van der Waals surface area contributed by atoms with Crippen molar-refractivity contribution in [1.82, 2.24) is 4.98 Å². The molecule has 3 rings (SSSR count). The Kier molecular flexibility index (Phi) is 2.49. The Morgan fingerprint density at radius 2 is 2.11 bits per heavy atom. The van der Waals surface area contributed by atoms with Crippen molar-refractivity contribution < 1.29 is 9.90 Å². The maximum atomic E-state index is 11.1. The molecule has 0 saturated heterocycles. The molecule has 1 aliphatic carbocycles. The van der Waals surface area contributed by atoms with Crippen LogP contribution in [-0.2, 0) is 0 Å². The topological polar surface area (TPSA) is 62.2 Å². The number of pyridine rings is 1. The second kappa shape index (κ2) is 3.95. The zero-order valence-electron chi connectivity index (χ0n) is 11.0. The summed E-state index contributed by atoms with van der Waals surface area (Å²) in [6.07, 6.45) is 1.08. The second-order valence-corrected chi connectivity index (χ2v) is 5.77. The van der Waals surface area contributed by atoms with Crippen molar-refractivity contribution in [3.63, 3.8) is 0 Å². The molecule has 0 radical (unpaired) electrons. The molecule has 0 bridgehead atoms. The molecule has 0 amide bonds. The number of carboxylic acid groups (broad SMARTS) is 1. The molecule has 1 aromatic carbocycles. The third-order valence-corrected chi connectivity index (χ3v) is 3.78. The fourth-order valence-electron chi connectivity index (χ4n) is 2.30. The maximum absolute atomic E-state index is 11.1. The minimum absolute atomic E-state index is 0.0830. The largest absolute Gasteiger partial charge is 0.477 e. The van der Waals surface area contributed by atoms with Gasteiger partial charge in [-0.1, -0.05) is 38.1 Å². The van der Waals surface area contributed by atoms with Crippen molar-refractivity contribution in [2.75, 3.05) is 5.32 Å². The molecule has 1 heterocycles. The van der Waals surface area contributed by atoms with Crippen LogP contribution < -0.4 is 5.32 Å². The van der Waals surface area contributed by atoms with Crippen LogP contribution in [0.5, 0.6) is 0 Å². The average Bonchev–Trinajstić information content (AvgIpc) is 2.96. The standard InChI is InChI=1S/C15H16N2O2/c1-15(2)8-12(15)17-13-10-6-4-3-5-9(10)7-11(16-13)14(18)19/h3-7,12H,8H2,1-2H3,(H,16,17)(H,18,19). The Bertz CT molecular complexity index is 664. The molecule has 0 spiro atoms. The Morgan fingerprint density at radius 3 is 2.74 bits per heavy atom. The Labute approximate surface area is 111 Å². The number of benzene rings is 1. The molecular weight excluding hydrogens is 240 g/mol. The summed E-state index contributed by atoms with van der Waals surface area (Å²) < 4.78 is 0. The summed E-state index contributed by atoms with van der Waals surface area (Å²) in [5.41, 5.74) is 0.349. The molecular formula is C15H16N2O2. The van der Waals surface area contributed by atoms with Gasteiger partial charge in [0.15, 0.2) is 5.69 Å². The summed E-state index contributed by atoms with van der Waals surface area (Å²) in [5, 5.41) is 14.4. The van der Waals surface area contributed by atoms with Gasteiger partial charge in [0.2, 0.25) is 0 Å². The maximum Gasteiger partial charge on any atom is 0.354 e. The van der Waals surface area contributed by atoms with E-state index >= 15 is 0 Å². The van der Waals surface area contributed by atoms with Crippen molar-refractivity contribution >= 4 is 22.6 Å². The molecule has 1 fully saturated rings. The number of hydrogen-bond donors (Lipinski definition) is 2. The number of aromatic carboxylic acids is 1. The monoisotopic (exact) mass is 256 g/mol. The van der Waals surface area contributed by atoms with Gasteiger partial charge in [-0.05, 0) is 23.3 Å². The molecule has 1 aliphatic rings. The Balaban J connectivity index is 2.07. The number of carbonyl (C=O) groups is 1. The van der Waals surface area contributed by atoms with Gasteiger partial charge in [-0.15, -0.1) is 0 Å². The smallest absolute Gasteiger partial charge is 0.354 e. The normalized spacial score (nSPS) is 20.2. The van der Waals surface area contributed by atoms with Crippen LogP contribution in [0.25, 0.3) is 10.8 Å². The molecule has 4 heteroatoms. The first-order chi connectivity index (χ1) is 8.97. The van der Waals surface area contributed by atoms with E-state index in [1.807, 2.05) is 24.3 Å². The van der Waals surface area contributed by atoms with Gasteiger partial charge in [0, 0.05) is 11.4 Å². The van der Waals surface area contributed by atoms with Crippen molar-refractivity contribution in [2.45, 2.75) is 26.3 Å². The van der Waals surface area contributed by atoms with E-state index in [1.165, 1.54) is 0 Å². The lowest BCUT2D eigenvalue weighted by atomic mass is 10.1. The van der Waals surface area contributed by atoms with Crippen LogP contribution in [-0.4, -0.2) is 22.1 Å². The zero-order chi connectivity index (χ0) is 13.6. The van der Waals surface area contributed by atoms with Crippen molar-refractivity contribution in [1.29, 1.82) is 0 Å². The van der Waals surface area contributed by atoms with E-state index in [2.05, 4.69) is 24.1 Å². The summed E-state index contributed by atoms with van der Waals surface area (Å²) in [6, 6.07) is 9.69. The minimum Gasteiger partial charge on any atom is -0.477 e. The molecule has 19 heavy (non-hydrogen) atoms. The molecule has 0 aliphatic heterocycles. The minimum atomic E-state index is -0.996. The van der Waals surface area contributed by atoms with E-state index in [9.17, 15) is 4.79 Å². The van der Waals surface area contributed by atoms with Gasteiger partial charge in [0.25, 0.3) is 0 Å². The number of carboxylic acids is 1. The van der Waals surface area contributed by atoms with Crippen LogP contribution >= 0.6 is 0 Å². The highest BCUT2D eigenvalue weighted by Crippen LogP contribution is 2.46. The van der Waals surface area contributed by atoms with E-state index < -0.39 is 5.97 Å². The van der Waals surface area contributed by atoms with E-state index in [1.54, 1.807) is 6.07 Å². The highest BCUT2D eigenvalue weighted by molar-refractivity contribution is 5.97. The van der Waals surface area contributed by atoms with E-state index in [4.69, 9.17) is 5.11 Å².